The minimum atomic E-state index is -3.58. The van der Waals surface area contributed by atoms with Crippen molar-refractivity contribution in [3.05, 3.63) is 18.2 Å². The molecule has 1 N–H and O–H groups in total. The van der Waals surface area contributed by atoms with Crippen LogP contribution in [0.15, 0.2) is 23.1 Å². The quantitative estimate of drug-likeness (QED) is 0.754. The van der Waals surface area contributed by atoms with Crippen molar-refractivity contribution in [1.82, 2.24) is 10.2 Å². The molecule has 2 heterocycles. The van der Waals surface area contributed by atoms with Crippen molar-refractivity contribution < 1.29 is 22.7 Å². The summed E-state index contributed by atoms with van der Waals surface area (Å²) in [5.74, 6) is 0.481. The first kappa shape index (κ1) is 19.9. The van der Waals surface area contributed by atoms with Gasteiger partial charge in [0.05, 0.1) is 24.9 Å². The van der Waals surface area contributed by atoms with E-state index in [1.807, 2.05) is 0 Å². The van der Waals surface area contributed by atoms with Crippen molar-refractivity contribution >= 4 is 15.7 Å². The molecule has 2 unspecified atom stereocenters. The van der Waals surface area contributed by atoms with E-state index in [0.29, 0.717) is 23.6 Å². The summed E-state index contributed by atoms with van der Waals surface area (Å²) >= 11 is 0. The van der Waals surface area contributed by atoms with Crippen LogP contribution in [-0.4, -0.2) is 64.4 Å². The lowest BCUT2D eigenvalue weighted by atomic mass is 9.98. The molecule has 0 aromatic heterocycles. The van der Waals surface area contributed by atoms with Crippen LogP contribution in [0.2, 0.25) is 0 Å². The van der Waals surface area contributed by atoms with Gasteiger partial charge < -0.3 is 19.7 Å². The minimum absolute atomic E-state index is 0.0214. The second-order valence-electron chi connectivity index (χ2n) is 7.35. The van der Waals surface area contributed by atoms with Crippen molar-refractivity contribution in [2.75, 3.05) is 27.0 Å². The predicted molar refractivity (Wildman–Crippen MR) is 102 cm³/mol. The number of nitrogens with one attached hydrogen (secondary N) is 1. The summed E-state index contributed by atoms with van der Waals surface area (Å²) in [6, 6.07) is 5.64. The highest BCUT2D eigenvalue weighted by molar-refractivity contribution is 7.91. The molecular formula is C19H28N2O5S. The van der Waals surface area contributed by atoms with E-state index in [1.165, 1.54) is 26.4 Å². The molecule has 2 fully saturated rings. The Bertz CT molecular complexity index is 783. The summed E-state index contributed by atoms with van der Waals surface area (Å²) < 4.78 is 35.6. The third-order valence-electron chi connectivity index (χ3n) is 5.69. The minimum Gasteiger partial charge on any atom is -0.493 e. The zero-order valence-electron chi connectivity index (χ0n) is 16.1. The first-order valence-electron chi connectivity index (χ1n) is 9.30. The van der Waals surface area contributed by atoms with Crippen LogP contribution in [0, 0.1) is 0 Å². The fourth-order valence-corrected chi connectivity index (χ4v) is 5.31. The number of piperidine rings is 1. The van der Waals surface area contributed by atoms with E-state index in [9.17, 15) is 13.2 Å². The number of methoxy groups -OCH3 is 2. The molecule has 150 valence electrons. The third kappa shape index (κ3) is 4.38. The average Bonchev–Trinajstić information content (AvgIpc) is 3.02. The molecular weight excluding hydrogens is 368 g/mol. The maximum absolute atomic E-state index is 12.6. The molecule has 2 saturated heterocycles. The SMILES string of the molecule is COc1ccc(S(=O)(=O)CCC(=O)N(C)C2CC3CCC(C2)N3)cc1OC. The summed E-state index contributed by atoms with van der Waals surface area (Å²) in [6.45, 7) is 0. The van der Waals surface area contributed by atoms with E-state index in [2.05, 4.69) is 5.32 Å². The average molecular weight is 397 g/mol. The number of fused-ring (bicyclic) bond motifs is 2. The molecule has 2 aliphatic rings. The van der Waals surface area contributed by atoms with Crippen LogP contribution < -0.4 is 14.8 Å². The zero-order valence-corrected chi connectivity index (χ0v) is 16.9. The Morgan fingerprint density at radius 3 is 2.37 bits per heavy atom. The summed E-state index contributed by atoms with van der Waals surface area (Å²) in [5, 5.41) is 3.56. The number of amides is 1. The topological polar surface area (TPSA) is 84.9 Å². The molecule has 2 atom stereocenters. The number of nitrogens with zero attached hydrogens (tertiary/aromatic N) is 1. The van der Waals surface area contributed by atoms with E-state index in [4.69, 9.17) is 9.47 Å². The summed E-state index contributed by atoms with van der Waals surface area (Å²) in [6.07, 6.45) is 4.20. The highest BCUT2D eigenvalue weighted by Crippen LogP contribution is 2.31. The number of benzene rings is 1. The number of ether oxygens (including phenoxy) is 2. The fourth-order valence-electron chi connectivity index (χ4n) is 4.07. The van der Waals surface area contributed by atoms with Crippen LogP contribution >= 0.6 is 0 Å². The van der Waals surface area contributed by atoms with Crippen molar-refractivity contribution in [2.24, 2.45) is 0 Å². The molecule has 3 rings (SSSR count). The second kappa shape index (κ2) is 8.06. The van der Waals surface area contributed by atoms with Crippen LogP contribution in [0.1, 0.15) is 32.1 Å². The summed E-state index contributed by atoms with van der Waals surface area (Å²) in [4.78, 5) is 14.5. The van der Waals surface area contributed by atoms with E-state index in [0.717, 1.165) is 25.7 Å². The second-order valence-corrected chi connectivity index (χ2v) is 9.46. The zero-order chi connectivity index (χ0) is 19.6. The van der Waals surface area contributed by atoms with E-state index < -0.39 is 9.84 Å². The molecule has 0 aliphatic carbocycles. The normalized spacial score (nSPS) is 24.5. The number of carbonyl (C=O) groups excluding carboxylic acids is 1. The van der Waals surface area contributed by atoms with Gasteiger partial charge in [0.1, 0.15) is 0 Å². The Morgan fingerprint density at radius 2 is 1.78 bits per heavy atom. The number of carbonyl (C=O) groups is 1. The van der Waals surface area contributed by atoms with E-state index in [-0.39, 0.29) is 29.0 Å². The first-order chi connectivity index (χ1) is 12.8. The number of rotatable bonds is 7. The van der Waals surface area contributed by atoms with Crippen molar-refractivity contribution in [2.45, 2.75) is 55.1 Å². The van der Waals surface area contributed by atoms with Crippen LogP contribution in [0.4, 0.5) is 0 Å². The fraction of sp³-hybridized carbons (Fsp3) is 0.632. The predicted octanol–water partition coefficient (Wildman–Crippen LogP) is 1.61. The lowest BCUT2D eigenvalue weighted by Crippen LogP contribution is -2.48. The van der Waals surface area contributed by atoms with Gasteiger partial charge in [0.15, 0.2) is 21.3 Å². The van der Waals surface area contributed by atoms with Crippen LogP contribution in [0.25, 0.3) is 0 Å². The summed E-state index contributed by atoms with van der Waals surface area (Å²) in [5.41, 5.74) is 0. The van der Waals surface area contributed by atoms with E-state index >= 15 is 0 Å². The number of hydrogen-bond acceptors (Lipinski definition) is 6. The van der Waals surface area contributed by atoms with Gasteiger partial charge in [-0.1, -0.05) is 0 Å². The van der Waals surface area contributed by atoms with Crippen LogP contribution in [0.5, 0.6) is 11.5 Å². The van der Waals surface area contributed by atoms with E-state index in [1.54, 1.807) is 18.0 Å². The van der Waals surface area contributed by atoms with Gasteiger partial charge in [-0.25, -0.2) is 8.42 Å². The molecule has 0 saturated carbocycles. The molecule has 1 amide bonds. The molecule has 7 nitrogen and oxygen atoms in total. The van der Waals surface area contributed by atoms with Crippen LogP contribution in [-0.2, 0) is 14.6 Å². The molecule has 1 aromatic carbocycles. The Balaban J connectivity index is 1.62. The molecule has 2 aliphatic heterocycles. The largest absolute Gasteiger partial charge is 0.493 e. The van der Waals surface area contributed by atoms with Gasteiger partial charge in [0, 0.05) is 37.7 Å². The smallest absolute Gasteiger partial charge is 0.223 e. The van der Waals surface area contributed by atoms with Gasteiger partial charge in [-0.05, 0) is 37.8 Å². The maximum atomic E-state index is 12.6. The standard InChI is InChI=1S/C19H28N2O5S/c1-21(15-10-13-4-5-14(11-15)20-13)19(22)8-9-27(23,24)16-6-7-17(25-2)18(12-16)26-3/h6-7,12-15,20H,4-5,8-11H2,1-3H3. The van der Waals surface area contributed by atoms with Gasteiger partial charge in [-0.3, -0.25) is 4.79 Å². The summed E-state index contributed by atoms with van der Waals surface area (Å²) in [7, 11) is 1.16. The molecule has 8 heteroatoms. The van der Waals surface area contributed by atoms with Crippen molar-refractivity contribution in [3.8, 4) is 11.5 Å². The van der Waals surface area contributed by atoms with Crippen LogP contribution in [0.3, 0.4) is 0 Å². The molecule has 27 heavy (non-hydrogen) atoms. The molecule has 1 aromatic rings. The van der Waals surface area contributed by atoms with Crippen molar-refractivity contribution in [3.63, 3.8) is 0 Å². The highest BCUT2D eigenvalue weighted by atomic mass is 32.2. The third-order valence-corrected chi connectivity index (χ3v) is 7.40. The van der Waals surface area contributed by atoms with Gasteiger partial charge >= 0.3 is 0 Å². The molecule has 2 bridgehead atoms. The monoisotopic (exact) mass is 396 g/mol. The van der Waals surface area contributed by atoms with Gasteiger partial charge in [-0.2, -0.15) is 0 Å². The van der Waals surface area contributed by atoms with Gasteiger partial charge in [0.25, 0.3) is 0 Å². The Morgan fingerprint density at radius 1 is 1.15 bits per heavy atom. The Labute approximate surface area is 160 Å². The Hall–Kier alpha value is -1.80. The van der Waals surface area contributed by atoms with Gasteiger partial charge in [0.2, 0.25) is 5.91 Å². The highest BCUT2D eigenvalue weighted by Gasteiger charge is 2.36. The molecule has 0 radical (unpaired) electrons. The maximum Gasteiger partial charge on any atom is 0.223 e. The Kier molecular flexibility index (Phi) is 5.95. The number of hydrogen-bond donors (Lipinski definition) is 1. The lowest BCUT2D eigenvalue weighted by Gasteiger charge is -2.35. The van der Waals surface area contributed by atoms with Crippen molar-refractivity contribution in [1.29, 1.82) is 0 Å². The first-order valence-corrected chi connectivity index (χ1v) is 11.0. The number of sulfone groups is 1. The molecule has 0 spiro atoms. The lowest BCUT2D eigenvalue weighted by molar-refractivity contribution is -0.132. The van der Waals surface area contributed by atoms with Gasteiger partial charge in [-0.15, -0.1) is 0 Å².